The van der Waals surface area contributed by atoms with E-state index in [0.717, 1.165) is 34.0 Å². The van der Waals surface area contributed by atoms with Crippen molar-refractivity contribution >= 4 is 103 Å². The Morgan fingerprint density at radius 2 is 1.06 bits per heavy atom. The van der Waals surface area contributed by atoms with Gasteiger partial charge in [0.15, 0.2) is 15.4 Å². The van der Waals surface area contributed by atoms with Gasteiger partial charge in [-0.1, -0.05) is 34.3 Å². The molecule has 1 aromatic carbocycles. The van der Waals surface area contributed by atoms with Crippen LogP contribution in [-0.4, -0.2) is 129 Å². The molecule has 0 radical (unpaired) electrons. The van der Waals surface area contributed by atoms with Crippen LogP contribution in [0.15, 0.2) is 18.2 Å². The number of carboxylic acid groups (broad SMARTS) is 1. The molecule has 0 unspecified atom stereocenters. The highest BCUT2D eigenvalue weighted by molar-refractivity contribution is 7.80. The van der Waals surface area contributed by atoms with Crippen molar-refractivity contribution in [1.29, 1.82) is 0 Å². The zero-order valence-corrected chi connectivity index (χ0v) is 48.1. The minimum atomic E-state index is -0.716. The van der Waals surface area contributed by atoms with Crippen LogP contribution >= 0.6 is 46.5 Å². The van der Waals surface area contributed by atoms with Gasteiger partial charge in [-0.25, -0.2) is 23.9 Å². The fourth-order valence-electron chi connectivity index (χ4n) is 9.91. The van der Waals surface area contributed by atoms with E-state index in [-0.39, 0.29) is 88.1 Å². The Morgan fingerprint density at radius 1 is 0.658 bits per heavy atom. The summed E-state index contributed by atoms with van der Waals surface area (Å²) in [5, 5.41) is 58.0. The van der Waals surface area contributed by atoms with Crippen LogP contribution in [0, 0.1) is 29.5 Å². The van der Waals surface area contributed by atoms with E-state index >= 15 is 0 Å². The summed E-state index contributed by atoms with van der Waals surface area (Å²) in [6.45, 7) is 7.47. The third-order valence-corrected chi connectivity index (χ3v) is 16.9. The number of nitrogens with zero attached hydrogens (tertiary/aromatic N) is 4. The minimum Gasteiger partial charge on any atom is -0.481 e. The Labute approximate surface area is 477 Å². The third kappa shape index (κ3) is 20.1. The Kier molecular flexibility index (Phi) is 23.6. The number of benzene rings is 1. The lowest BCUT2D eigenvalue weighted by molar-refractivity contribution is -0.143. The maximum atomic E-state index is 13.3. The SMILES string of the molecule is CC(C)(C)OC(=O)N1CCc2nc(NC(=O)C3CCC(O)CC3)sc2C1.NC(=S)NC(=O)C1CCC(O)CC1.O=C(Nc1nc2c(s1)CN(C(=O)Nc1ccc(F)c(Cl)c1)CC2)C1CCC(O)CC1.O=C(O)C1CCC(O)CC1. The second kappa shape index (κ2) is 29.5. The fraction of sp³-hybridized carbons (Fsp3) is 0.642. The van der Waals surface area contributed by atoms with Crippen molar-refractivity contribution < 1.29 is 63.4 Å². The number of carbonyl (C=O) groups is 6. The van der Waals surface area contributed by atoms with Gasteiger partial charge in [0.25, 0.3) is 0 Å². The first-order chi connectivity index (χ1) is 37.4. The quantitative estimate of drug-likeness (QED) is 0.103. The van der Waals surface area contributed by atoms with Gasteiger partial charge in [0.2, 0.25) is 17.7 Å². The molecule has 4 heterocycles. The van der Waals surface area contributed by atoms with Crippen molar-refractivity contribution in [1.82, 2.24) is 25.1 Å². The average Bonchev–Trinajstić information content (AvgIpc) is 4.00. The van der Waals surface area contributed by atoms with Gasteiger partial charge in [0, 0.05) is 59.1 Å². The topological polar surface area (TPSA) is 319 Å². The fourth-order valence-corrected chi connectivity index (χ4v) is 12.2. The smallest absolute Gasteiger partial charge is 0.410 e. The molecule has 9 rings (SSSR count). The number of halogens is 2. The second-order valence-corrected chi connectivity index (χ2v) is 24.9. The molecule has 4 fully saturated rings. The van der Waals surface area contributed by atoms with E-state index < -0.39 is 17.4 Å². The van der Waals surface area contributed by atoms with Gasteiger partial charge < -0.3 is 67.1 Å². The van der Waals surface area contributed by atoms with Crippen LogP contribution in [0.1, 0.15) is 145 Å². The van der Waals surface area contributed by atoms with Crippen molar-refractivity contribution in [2.45, 2.75) is 179 Å². The molecule has 26 heteroatoms. The molecule has 79 heavy (non-hydrogen) atoms. The van der Waals surface area contributed by atoms with Crippen LogP contribution in [0.2, 0.25) is 5.02 Å². The number of fused-ring (bicyclic) bond motifs is 2. The molecule has 0 saturated heterocycles. The number of ether oxygens (including phenoxy) is 1. The van der Waals surface area contributed by atoms with Crippen molar-refractivity contribution in [2.24, 2.45) is 29.4 Å². The highest BCUT2D eigenvalue weighted by Gasteiger charge is 2.32. The van der Waals surface area contributed by atoms with E-state index in [1.165, 1.54) is 40.9 Å². The minimum absolute atomic E-state index is 0.0213. The van der Waals surface area contributed by atoms with Crippen molar-refractivity contribution in [3.63, 3.8) is 0 Å². The highest BCUT2D eigenvalue weighted by Crippen LogP contribution is 2.34. The van der Waals surface area contributed by atoms with Crippen LogP contribution in [-0.2, 0) is 49.8 Å². The van der Waals surface area contributed by atoms with Gasteiger partial charge >= 0.3 is 18.1 Å². The average molecular weight is 1180 g/mol. The number of amides is 6. The maximum Gasteiger partial charge on any atom is 0.410 e. The van der Waals surface area contributed by atoms with E-state index in [0.29, 0.717) is 145 Å². The molecule has 4 aliphatic carbocycles. The molecular formula is C53H75ClFN9O12S3. The summed E-state index contributed by atoms with van der Waals surface area (Å²) >= 11 is 13.1. The summed E-state index contributed by atoms with van der Waals surface area (Å²) in [5.41, 5.74) is 6.92. The summed E-state index contributed by atoms with van der Waals surface area (Å²) in [7, 11) is 0. The molecule has 6 aliphatic rings. The summed E-state index contributed by atoms with van der Waals surface area (Å²) in [6.07, 6.45) is 10.7. The molecule has 6 amide bonds. The van der Waals surface area contributed by atoms with Crippen molar-refractivity contribution in [3.05, 3.63) is 50.2 Å². The number of rotatable bonds is 7. The zero-order chi connectivity index (χ0) is 57.6. The number of nitrogens with one attached hydrogen (secondary N) is 4. The van der Waals surface area contributed by atoms with Gasteiger partial charge in [-0.15, -0.1) is 0 Å². The summed E-state index contributed by atoms with van der Waals surface area (Å²) in [4.78, 5) is 85.7. The molecule has 0 spiro atoms. The summed E-state index contributed by atoms with van der Waals surface area (Å²) in [5.74, 6) is -1.85. The molecule has 2 aliphatic heterocycles. The summed E-state index contributed by atoms with van der Waals surface area (Å²) in [6, 6.07) is 3.73. The predicted octanol–water partition coefficient (Wildman–Crippen LogP) is 7.46. The number of thiazole rings is 2. The molecule has 21 nitrogen and oxygen atoms in total. The lowest BCUT2D eigenvalue weighted by Gasteiger charge is -2.29. The molecule has 4 saturated carbocycles. The predicted molar refractivity (Wildman–Crippen MR) is 301 cm³/mol. The number of anilines is 3. The number of carboxylic acids is 1. The second-order valence-electron chi connectivity index (χ2n) is 21.9. The van der Waals surface area contributed by atoms with E-state index in [4.69, 9.17) is 32.3 Å². The van der Waals surface area contributed by atoms with Crippen molar-refractivity contribution in [2.75, 3.05) is 29.0 Å². The van der Waals surface area contributed by atoms with Gasteiger partial charge in [0.05, 0.1) is 59.8 Å². The number of carbonyl (C=O) groups excluding carboxylic acids is 5. The molecule has 0 bridgehead atoms. The van der Waals surface area contributed by atoms with E-state index in [1.54, 1.807) is 9.80 Å². The van der Waals surface area contributed by atoms with Crippen LogP contribution in [0.4, 0.5) is 29.9 Å². The standard InChI is InChI=1S/C20H22ClFN4O3S.C18H27N3O4S.C8H14N2O2S.C7H12O3/c21-14-9-12(3-6-15(14)22)23-20(29)26-8-7-16-17(10-26)30-19(24-16)25-18(28)11-1-4-13(27)5-2-11;1-18(2,3)25-17(24)21-9-8-13-14(10-21)26-16(19-13)20-15(23)11-4-6-12(22)7-5-11;9-8(13)10-7(12)5-1-3-6(11)4-2-5;8-6-3-1-5(2-4-6)7(9)10/h3,6,9,11,13,27H,1-2,4-5,7-8,10H2,(H,23,29)(H,24,25,28);11-12,22H,4-10H2,1-3H3,(H,19,20,23);5-6,11H,1-4H2,(H3,9,10,12,13);5-6,8H,1-4H2,(H,9,10). The largest absolute Gasteiger partial charge is 0.481 e. The van der Waals surface area contributed by atoms with E-state index in [2.05, 4.69) is 43.5 Å². The first-order valence-electron chi connectivity index (χ1n) is 27.0. The number of nitrogens with two attached hydrogens (primary N) is 1. The first kappa shape index (κ1) is 63.0. The normalized spacial score (nSPS) is 24.6. The number of aliphatic hydroxyl groups excluding tert-OH is 4. The zero-order valence-electron chi connectivity index (χ0n) is 44.8. The first-order valence-corrected chi connectivity index (χ1v) is 29.4. The number of hydrogen-bond acceptors (Lipinski definition) is 16. The number of aromatic nitrogens is 2. The van der Waals surface area contributed by atoms with E-state index in [1.807, 2.05) is 20.8 Å². The third-order valence-electron chi connectivity index (χ3n) is 14.5. The number of aliphatic hydroxyl groups is 4. The van der Waals surface area contributed by atoms with Crippen LogP contribution in [0.25, 0.3) is 0 Å². The van der Waals surface area contributed by atoms with E-state index in [9.17, 15) is 48.5 Å². The lowest BCUT2D eigenvalue weighted by atomic mass is 9.87. The van der Waals surface area contributed by atoms with Crippen molar-refractivity contribution in [3.8, 4) is 0 Å². The Hall–Kier alpha value is -5.15. The molecule has 2 aromatic heterocycles. The number of hydrogen-bond donors (Lipinski definition) is 10. The van der Waals surface area contributed by atoms with Gasteiger partial charge in [-0.3, -0.25) is 19.2 Å². The Morgan fingerprint density at radius 3 is 1.47 bits per heavy atom. The molecule has 0 atom stereocenters. The number of thiocarbonyl (C=S) groups is 1. The number of urea groups is 1. The molecule has 3 aromatic rings. The maximum absolute atomic E-state index is 13.3. The molecular weight excluding hydrogens is 1110 g/mol. The van der Waals surface area contributed by atoms with Crippen LogP contribution in [0.3, 0.4) is 0 Å². The van der Waals surface area contributed by atoms with Gasteiger partial charge in [-0.2, -0.15) is 0 Å². The number of aliphatic carboxylic acids is 1. The monoisotopic (exact) mass is 1180 g/mol. The highest BCUT2D eigenvalue weighted by atomic mass is 35.5. The Balaban J connectivity index is 0.000000185. The lowest BCUT2D eigenvalue weighted by Crippen LogP contribution is -2.40. The van der Waals surface area contributed by atoms with Crippen LogP contribution in [0.5, 0.6) is 0 Å². The Bertz CT molecular complexity index is 2590. The summed E-state index contributed by atoms with van der Waals surface area (Å²) < 4.78 is 18.7. The van der Waals surface area contributed by atoms with Gasteiger partial charge in [-0.05, 0) is 154 Å². The van der Waals surface area contributed by atoms with Gasteiger partial charge in [0.1, 0.15) is 11.4 Å². The van der Waals surface area contributed by atoms with Crippen LogP contribution < -0.4 is 27.0 Å². The molecule has 11 N–H and O–H groups in total. The molecule has 436 valence electrons.